The first-order chi connectivity index (χ1) is 12.2. The second-order valence-electron chi connectivity index (χ2n) is 7.66. The fourth-order valence-corrected chi connectivity index (χ4v) is 3.89. The maximum Gasteiger partial charge on any atom is 0.262 e. The number of fused-ring (bicyclic) bond motifs is 1. The Labute approximate surface area is 157 Å². The SMILES string of the molecule is CO[C@@]1(C)C[C@@H](NC(=O)CCn2c(=S)[nH]c3ccccc3c2=O)C1(C)C. The Hall–Kier alpha value is -1.99. The van der Waals surface area contributed by atoms with Gasteiger partial charge in [0.25, 0.3) is 5.56 Å². The molecule has 1 amide bonds. The van der Waals surface area contributed by atoms with Gasteiger partial charge < -0.3 is 15.0 Å². The van der Waals surface area contributed by atoms with Crippen LogP contribution in [0.25, 0.3) is 10.9 Å². The van der Waals surface area contributed by atoms with Crippen LogP contribution < -0.4 is 10.9 Å². The second kappa shape index (κ2) is 6.63. The first-order valence-corrected chi connectivity index (χ1v) is 9.17. The lowest BCUT2D eigenvalue weighted by Crippen LogP contribution is -2.68. The van der Waals surface area contributed by atoms with Crippen LogP contribution in [0.2, 0.25) is 0 Å². The van der Waals surface area contributed by atoms with Crippen LogP contribution in [-0.2, 0) is 16.1 Å². The van der Waals surface area contributed by atoms with Crippen molar-refractivity contribution < 1.29 is 9.53 Å². The number of carbonyl (C=O) groups excluding carboxylic acids is 1. The summed E-state index contributed by atoms with van der Waals surface area (Å²) in [6.45, 7) is 6.49. The van der Waals surface area contributed by atoms with E-state index in [-0.39, 0.29) is 41.5 Å². The van der Waals surface area contributed by atoms with Gasteiger partial charge in [0, 0.05) is 31.5 Å². The van der Waals surface area contributed by atoms with Crippen LogP contribution in [0.1, 0.15) is 33.6 Å². The van der Waals surface area contributed by atoms with Gasteiger partial charge in [0.2, 0.25) is 5.91 Å². The van der Waals surface area contributed by atoms with Crippen LogP contribution in [0.3, 0.4) is 0 Å². The van der Waals surface area contributed by atoms with Crippen molar-refractivity contribution in [2.45, 2.75) is 51.8 Å². The Morgan fingerprint density at radius 3 is 2.73 bits per heavy atom. The highest BCUT2D eigenvalue weighted by atomic mass is 32.1. The number of nitrogens with zero attached hydrogens (tertiary/aromatic N) is 1. The van der Waals surface area contributed by atoms with Crippen molar-refractivity contribution in [3.8, 4) is 0 Å². The summed E-state index contributed by atoms with van der Waals surface area (Å²) < 4.78 is 7.37. The Balaban J connectivity index is 1.69. The fraction of sp³-hybridized carbons (Fsp3) is 0.526. The van der Waals surface area contributed by atoms with Crippen molar-refractivity contribution >= 4 is 29.0 Å². The van der Waals surface area contributed by atoms with Gasteiger partial charge in [-0.05, 0) is 37.7 Å². The van der Waals surface area contributed by atoms with Crippen LogP contribution in [-0.4, -0.2) is 34.2 Å². The number of nitrogens with one attached hydrogen (secondary N) is 2. The molecule has 0 saturated heterocycles. The molecule has 0 unspecified atom stereocenters. The van der Waals surface area contributed by atoms with Crippen LogP contribution in [0, 0.1) is 10.2 Å². The molecule has 1 fully saturated rings. The zero-order chi connectivity index (χ0) is 19.1. The number of amides is 1. The van der Waals surface area contributed by atoms with Crippen molar-refractivity contribution in [1.29, 1.82) is 0 Å². The molecule has 3 rings (SSSR count). The standard InChI is InChI=1S/C19H25N3O3S/c1-18(2)14(11-19(18,3)25-4)21-15(23)9-10-22-16(24)12-7-5-6-8-13(12)20-17(22)26/h5-8,14H,9-11H2,1-4H3,(H,20,26)(H,21,23)/t14-,19+/m1/s1. The summed E-state index contributed by atoms with van der Waals surface area (Å²) in [6, 6.07) is 7.28. The van der Waals surface area contributed by atoms with Crippen molar-refractivity contribution in [3.63, 3.8) is 0 Å². The maximum atomic E-state index is 12.6. The van der Waals surface area contributed by atoms with E-state index in [1.165, 1.54) is 4.57 Å². The zero-order valence-corrected chi connectivity index (χ0v) is 16.4. The van der Waals surface area contributed by atoms with Crippen molar-refractivity contribution in [2.24, 2.45) is 5.41 Å². The molecule has 2 atom stereocenters. The molecule has 6 nitrogen and oxygen atoms in total. The molecule has 1 heterocycles. The molecule has 0 radical (unpaired) electrons. The summed E-state index contributed by atoms with van der Waals surface area (Å²) >= 11 is 5.28. The van der Waals surface area contributed by atoms with E-state index in [0.29, 0.717) is 15.7 Å². The lowest BCUT2D eigenvalue weighted by Gasteiger charge is -2.59. The molecule has 2 aromatic rings. The molecule has 2 N–H and O–H groups in total. The molecule has 1 aromatic heterocycles. The van der Waals surface area contributed by atoms with Gasteiger partial charge in [0.15, 0.2) is 4.77 Å². The van der Waals surface area contributed by atoms with Crippen LogP contribution in [0.15, 0.2) is 29.1 Å². The van der Waals surface area contributed by atoms with Crippen LogP contribution in [0.4, 0.5) is 0 Å². The minimum atomic E-state index is -0.233. The quantitative estimate of drug-likeness (QED) is 0.788. The lowest BCUT2D eigenvalue weighted by atomic mass is 9.56. The summed E-state index contributed by atoms with van der Waals surface area (Å²) in [5, 5.41) is 3.63. The molecule has 1 aromatic carbocycles. The van der Waals surface area contributed by atoms with Crippen molar-refractivity contribution in [1.82, 2.24) is 14.9 Å². The summed E-state index contributed by atoms with van der Waals surface area (Å²) in [5.41, 5.74) is 0.156. The number of methoxy groups -OCH3 is 1. The van der Waals surface area contributed by atoms with E-state index in [0.717, 1.165) is 6.42 Å². The molecule has 1 aliphatic rings. The lowest BCUT2D eigenvalue weighted by molar-refractivity contribution is -0.182. The first kappa shape index (κ1) is 18.8. The Morgan fingerprint density at radius 2 is 2.08 bits per heavy atom. The molecular formula is C19H25N3O3S. The number of hydrogen-bond acceptors (Lipinski definition) is 4. The van der Waals surface area contributed by atoms with Gasteiger partial charge in [0.1, 0.15) is 0 Å². The van der Waals surface area contributed by atoms with Gasteiger partial charge in [-0.25, -0.2) is 0 Å². The minimum Gasteiger partial charge on any atom is -0.378 e. The van der Waals surface area contributed by atoms with Gasteiger partial charge in [-0.2, -0.15) is 0 Å². The number of aromatic nitrogens is 2. The average Bonchev–Trinajstić information content (AvgIpc) is 2.60. The molecule has 0 aliphatic heterocycles. The minimum absolute atomic E-state index is 0.0582. The van der Waals surface area contributed by atoms with E-state index in [9.17, 15) is 9.59 Å². The van der Waals surface area contributed by atoms with Gasteiger partial charge in [0.05, 0.1) is 16.5 Å². The third-order valence-corrected chi connectivity index (χ3v) is 6.39. The summed E-state index contributed by atoms with van der Waals surface area (Å²) in [5.74, 6) is -0.0873. The molecular weight excluding hydrogens is 350 g/mol. The molecule has 7 heteroatoms. The largest absolute Gasteiger partial charge is 0.378 e. The molecule has 26 heavy (non-hydrogen) atoms. The molecule has 1 aliphatic carbocycles. The highest BCUT2D eigenvalue weighted by molar-refractivity contribution is 7.71. The molecule has 0 spiro atoms. The number of ether oxygens (including phenoxy) is 1. The Morgan fingerprint density at radius 1 is 1.38 bits per heavy atom. The number of hydrogen-bond donors (Lipinski definition) is 2. The predicted molar refractivity (Wildman–Crippen MR) is 104 cm³/mol. The van der Waals surface area contributed by atoms with E-state index in [4.69, 9.17) is 17.0 Å². The molecule has 0 bridgehead atoms. The number of carbonyl (C=O) groups is 1. The second-order valence-corrected chi connectivity index (χ2v) is 8.05. The third-order valence-electron chi connectivity index (χ3n) is 6.07. The molecule has 140 valence electrons. The first-order valence-electron chi connectivity index (χ1n) is 8.76. The molecule has 1 saturated carbocycles. The number of rotatable bonds is 5. The highest BCUT2D eigenvalue weighted by Gasteiger charge is 2.58. The zero-order valence-electron chi connectivity index (χ0n) is 15.6. The van der Waals surface area contributed by atoms with Crippen molar-refractivity contribution in [3.05, 3.63) is 39.4 Å². The predicted octanol–water partition coefficient (Wildman–Crippen LogP) is 2.77. The van der Waals surface area contributed by atoms with Crippen LogP contribution >= 0.6 is 12.2 Å². The van der Waals surface area contributed by atoms with Crippen LogP contribution in [0.5, 0.6) is 0 Å². The summed E-state index contributed by atoms with van der Waals surface area (Å²) in [6.07, 6.45) is 0.976. The third kappa shape index (κ3) is 2.99. The van der Waals surface area contributed by atoms with E-state index in [2.05, 4.69) is 31.1 Å². The fourth-order valence-electron chi connectivity index (χ4n) is 3.60. The summed E-state index contributed by atoms with van der Waals surface area (Å²) in [4.78, 5) is 28.0. The van der Waals surface area contributed by atoms with Gasteiger partial charge in [-0.3, -0.25) is 14.2 Å². The van der Waals surface area contributed by atoms with E-state index < -0.39 is 0 Å². The summed E-state index contributed by atoms with van der Waals surface area (Å²) in [7, 11) is 1.70. The smallest absolute Gasteiger partial charge is 0.262 e. The Bertz CT molecular complexity index is 962. The van der Waals surface area contributed by atoms with Gasteiger partial charge in [-0.1, -0.05) is 26.0 Å². The van der Waals surface area contributed by atoms with E-state index in [1.807, 2.05) is 18.2 Å². The maximum absolute atomic E-state index is 12.6. The number of aromatic amines is 1. The van der Waals surface area contributed by atoms with Crippen molar-refractivity contribution in [2.75, 3.05) is 7.11 Å². The Kier molecular flexibility index (Phi) is 4.79. The average molecular weight is 375 g/mol. The number of para-hydroxylation sites is 1. The van der Waals surface area contributed by atoms with E-state index in [1.54, 1.807) is 13.2 Å². The van der Waals surface area contributed by atoms with E-state index >= 15 is 0 Å². The number of H-pyrrole nitrogens is 1. The number of benzene rings is 1. The topological polar surface area (TPSA) is 76.1 Å². The highest BCUT2D eigenvalue weighted by Crippen LogP contribution is 2.51. The van der Waals surface area contributed by atoms with Gasteiger partial charge in [-0.15, -0.1) is 0 Å². The normalized spacial score (nSPS) is 24.2. The monoisotopic (exact) mass is 375 g/mol. The van der Waals surface area contributed by atoms with Gasteiger partial charge >= 0.3 is 0 Å².